The van der Waals surface area contributed by atoms with Crippen molar-refractivity contribution in [2.45, 2.75) is 19.4 Å². The molecule has 1 aromatic rings. The zero-order chi connectivity index (χ0) is 15.5. The first-order valence-electron chi connectivity index (χ1n) is 6.99. The molecule has 116 valence electrons. The number of carbonyl (C=O) groups excluding carboxylic acids is 1. The van der Waals surface area contributed by atoms with Gasteiger partial charge >= 0.3 is 0 Å². The second-order valence-electron chi connectivity index (χ2n) is 5.82. The highest BCUT2D eigenvalue weighted by Gasteiger charge is 2.28. The predicted octanol–water partition coefficient (Wildman–Crippen LogP) is 1.33. The molecule has 1 heterocycles. The van der Waals surface area contributed by atoms with E-state index in [0.29, 0.717) is 30.3 Å². The second-order valence-corrected chi connectivity index (χ2v) is 5.82. The quantitative estimate of drug-likeness (QED) is 0.819. The van der Waals surface area contributed by atoms with Gasteiger partial charge in [-0.1, -0.05) is 0 Å². The van der Waals surface area contributed by atoms with Gasteiger partial charge in [0.2, 0.25) is 5.91 Å². The normalized spacial score (nSPS) is 18.2. The molecular formula is C15H23N3O3. The van der Waals surface area contributed by atoms with E-state index < -0.39 is 0 Å². The van der Waals surface area contributed by atoms with E-state index in [1.54, 1.807) is 25.3 Å². The fourth-order valence-electron chi connectivity index (χ4n) is 2.42. The van der Waals surface area contributed by atoms with Crippen LogP contribution in [0.1, 0.15) is 13.8 Å². The molecule has 0 aliphatic carbocycles. The van der Waals surface area contributed by atoms with Gasteiger partial charge < -0.3 is 20.5 Å². The van der Waals surface area contributed by atoms with Gasteiger partial charge in [0.1, 0.15) is 5.75 Å². The molecule has 1 aromatic carbocycles. The third-order valence-electron chi connectivity index (χ3n) is 3.40. The van der Waals surface area contributed by atoms with E-state index in [4.69, 9.17) is 15.2 Å². The number of nitrogens with zero attached hydrogens (tertiary/aromatic N) is 1. The molecule has 6 nitrogen and oxygen atoms in total. The smallest absolute Gasteiger partial charge is 0.238 e. The molecule has 0 spiro atoms. The maximum absolute atomic E-state index is 12.1. The number of hydrogen-bond donors (Lipinski definition) is 2. The Bertz CT molecular complexity index is 517. The largest absolute Gasteiger partial charge is 0.497 e. The summed E-state index contributed by atoms with van der Waals surface area (Å²) in [6.45, 7) is 6.52. The van der Waals surface area contributed by atoms with Crippen LogP contribution < -0.4 is 15.8 Å². The molecule has 0 saturated carbocycles. The Morgan fingerprint density at radius 3 is 2.90 bits per heavy atom. The molecule has 2 rings (SSSR count). The summed E-state index contributed by atoms with van der Waals surface area (Å²) < 4.78 is 10.7. The van der Waals surface area contributed by atoms with Crippen LogP contribution >= 0.6 is 0 Å². The molecule has 1 aliphatic heterocycles. The van der Waals surface area contributed by atoms with Gasteiger partial charge in [0, 0.05) is 19.2 Å². The lowest BCUT2D eigenvalue weighted by Gasteiger charge is -2.37. The summed E-state index contributed by atoms with van der Waals surface area (Å²) in [7, 11) is 1.58. The first kappa shape index (κ1) is 15.6. The number of rotatable bonds is 4. The number of hydrogen-bond acceptors (Lipinski definition) is 5. The van der Waals surface area contributed by atoms with Crippen molar-refractivity contribution in [1.82, 2.24) is 4.90 Å². The third kappa shape index (κ3) is 4.34. The van der Waals surface area contributed by atoms with E-state index in [0.717, 1.165) is 13.1 Å². The third-order valence-corrected chi connectivity index (χ3v) is 3.40. The van der Waals surface area contributed by atoms with Crippen LogP contribution in [0.2, 0.25) is 0 Å². The Morgan fingerprint density at radius 2 is 2.29 bits per heavy atom. The molecule has 0 atom stereocenters. The number of amides is 1. The number of morpholine rings is 1. The average molecular weight is 293 g/mol. The maximum Gasteiger partial charge on any atom is 0.238 e. The van der Waals surface area contributed by atoms with Crippen LogP contribution in [0.4, 0.5) is 11.4 Å². The molecule has 6 heteroatoms. The van der Waals surface area contributed by atoms with Crippen molar-refractivity contribution in [3.8, 4) is 5.75 Å². The van der Waals surface area contributed by atoms with E-state index in [1.165, 1.54) is 0 Å². The number of nitrogens with two attached hydrogens (primary N) is 1. The molecule has 0 bridgehead atoms. The lowest BCUT2D eigenvalue weighted by atomic mass is 10.1. The van der Waals surface area contributed by atoms with E-state index in [2.05, 4.69) is 10.2 Å². The van der Waals surface area contributed by atoms with Crippen LogP contribution in [0.5, 0.6) is 5.75 Å². The number of nitrogens with one attached hydrogen (secondary N) is 1. The molecule has 1 fully saturated rings. The number of anilines is 2. The first-order valence-corrected chi connectivity index (χ1v) is 6.99. The first-order chi connectivity index (χ1) is 9.89. The van der Waals surface area contributed by atoms with Gasteiger partial charge in [-0.2, -0.15) is 0 Å². The van der Waals surface area contributed by atoms with Gasteiger partial charge in [0.15, 0.2) is 0 Å². The standard InChI is InChI=1S/C15H23N3O3/c1-15(2)10-18(6-7-21-15)9-14(19)17-13-5-4-11(20-3)8-12(13)16/h4-5,8H,6-7,9-10,16H2,1-3H3,(H,17,19). The number of methoxy groups -OCH3 is 1. The highest BCUT2D eigenvalue weighted by atomic mass is 16.5. The summed E-state index contributed by atoms with van der Waals surface area (Å²) >= 11 is 0. The van der Waals surface area contributed by atoms with E-state index in [9.17, 15) is 4.79 Å². The minimum absolute atomic E-state index is 0.0791. The molecule has 0 unspecified atom stereocenters. The van der Waals surface area contributed by atoms with Crippen molar-refractivity contribution in [3.05, 3.63) is 18.2 Å². The van der Waals surface area contributed by atoms with Crippen LogP contribution in [0.25, 0.3) is 0 Å². The average Bonchev–Trinajstić information content (AvgIpc) is 2.39. The Labute approximate surface area is 125 Å². The van der Waals surface area contributed by atoms with Gasteiger partial charge in [0.05, 0.1) is 37.2 Å². The number of benzene rings is 1. The zero-order valence-electron chi connectivity index (χ0n) is 12.8. The van der Waals surface area contributed by atoms with E-state index >= 15 is 0 Å². The summed E-state index contributed by atoms with van der Waals surface area (Å²) in [5.74, 6) is 0.588. The molecule has 1 amide bonds. The highest BCUT2D eigenvalue weighted by molar-refractivity contribution is 5.95. The lowest BCUT2D eigenvalue weighted by molar-refractivity contribution is -0.122. The van der Waals surface area contributed by atoms with Crippen LogP contribution in [-0.4, -0.2) is 49.8 Å². The molecule has 0 aromatic heterocycles. The molecule has 21 heavy (non-hydrogen) atoms. The topological polar surface area (TPSA) is 76.8 Å². The van der Waals surface area contributed by atoms with Gasteiger partial charge in [-0.25, -0.2) is 0 Å². The second kappa shape index (κ2) is 6.32. The van der Waals surface area contributed by atoms with Gasteiger partial charge in [-0.15, -0.1) is 0 Å². The SMILES string of the molecule is COc1ccc(NC(=O)CN2CCOC(C)(C)C2)c(N)c1. The summed E-state index contributed by atoms with van der Waals surface area (Å²) in [5, 5.41) is 2.83. The number of ether oxygens (including phenoxy) is 2. The Hall–Kier alpha value is -1.79. The number of nitrogen functional groups attached to an aromatic ring is 1. The fraction of sp³-hybridized carbons (Fsp3) is 0.533. The lowest BCUT2D eigenvalue weighted by Crippen LogP contribution is -2.50. The summed E-state index contributed by atoms with van der Waals surface area (Å²) in [4.78, 5) is 14.2. The van der Waals surface area contributed by atoms with Crippen molar-refractivity contribution in [2.24, 2.45) is 0 Å². The van der Waals surface area contributed by atoms with E-state index in [-0.39, 0.29) is 11.5 Å². The molecular weight excluding hydrogens is 270 g/mol. The van der Waals surface area contributed by atoms with Crippen LogP contribution in [-0.2, 0) is 9.53 Å². The van der Waals surface area contributed by atoms with Gasteiger partial charge in [-0.3, -0.25) is 9.69 Å². The van der Waals surface area contributed by atoms with Crippen LogP contribution in [0.15, 0.2) is 18.2 Å². The van der Waals surface area contributed by atoms with Crippen molar-refractivity contribution in [2.75, 3.05) is 44.4 Å². The van der Waals surface area contributed by atoms with E-state index in [1.807, 2.05) is 13.8 Å². The molecule has 0 radical (unpaired) electrons. The van der Waals surface area contributed by atoms with Crippen molar-refractivity contribution >= 4 is 17.3 Å². The van der Waals surface area contributed by atoms with Crippen molar-refractivity contribution < 1.29 is 14.3 Å². The monoisotopic (exact) mass is 293 g/mol. The molecule has 1 aliphatic rings. The van der Waals surface area contributed by atoms with Gasteiger partial charge in [-0.05, 0) is 26.0 Å². The van der Waals surface area contributed by atoms with Crippen molar-refractivity contribution in [1.29, 1.82) is 0 Å². The summed E-state index contributed by atoms with van der Waals surface area (Å²) in [6, 6.07) is 5.20. The minimum atomic E-state index is -0.211. The zero-order valence-corrected chi connectivity index (χ0v) is 12.8. The Kier molecular flexibility index (Phi) is 4.69. The number of carbonyl (C=O) groups is 1. The van der Waals surface area contributed by atoms with Crippen LogP contribution in [0.3, 0.4) is 0 Å². The molecule has 1 saturated heterocycles. The minimum Gasteiger partial charge on any atom is -0.497 e. The van der Waals surface area contributed by atoms with Crippen molar-refractivity contribution in [3.63, 3.8) is 0 Å². The Balaban J connectivity index is 1.92. The fourth-order valence-corrected chi connectivity index (χ4v) is 2.42. The summed E-state index contributed by atoms with van der Waals surface area (Å²) in [5.41, 5.74) is 6.78. The molecule has 3 N–H and O–H groups in total. The Morgan fingerprint density at radius 1 is 1.52 bits per heavy atom. The highest BCUT2D eigenvalue weighted by Crippen LogP contribution is 2.24. The van der Waals surface area contributed by atoms with Crippen LogP contribution in [0, 0.1) is 0 Å². The summed E-state index contributed by atoms with van der Waals surface area (Å²) in [6.07, 6.45) is 0. The predicted molar refractivity (Wildman–Crippen MR) is 82.5 cm³/mol. The van der Waals surface area contributed by atoms with Gasteiger partial charge in [0.25, 0.3) is 0 Å². The maximum atomic E-state index is 12.1.